The average Bonchev–Trinajstić information content (AvgIpc) is 2.56. The maximum atomic E-state index is 11.8. The molecule has 7 heteroatoms. The standard InChI is InChI=1S/C17H15BrClNO4/c1-23-13-5-2-11(3-6-13)8-17(22)24-10-16(21)20-15-7-4-12(18)9-14(15)19/h2-7,9H,8,10H2,1H3,(H,20,21). The van der Waals surface area contributed by atoms with Crippen molar-refractivity contribution < 1.29 is 19.1 Å². The topological polar surface area (TPSA) is 64.6 Å². The van der Waals surface area contributed by atoms with Gasteiger partial charge in [-0.1, -0.05) is 39.7 Å². The number of anilines is 1. The first-order chi connectivity index (χ1) is 11.5. The fraction of sp³-hybridized carbons (Fsp3) is 0.176. The third-order valence-electron chi connectivity index (χ3n) is 3.08. The molecule has 0 spiro atoms. The number of amides is 1. The molecule has 0 aliphatic heterocycles. The van der Waals surface area contributed by atoms with Gasteiger partial charge in [0, 0.05) is 4.47 Å². The van der Waals surface area contributed by atoms with Crippen molar-refractivity contribution in [3.8, 4) is 5.75 Å². The minimum atomic E-state index is -0.489. The van der Waals surface area contributed by atoms with Gasteiger partial charge in [0.1, 0.15) is 5.75 Å². The fourth-order valence-electron chi connectivity index (χ4n) is 1.88. The lowest BCUT2D eigenvalue weighted by atomic mass is 10.1. The van der Waals surface area contributed by atoms with Crippen molar-refractivity contribution in [2.24, 2.45) is 0 Å². The zero-order chi connectivity index (χ0) is 17.5. The summed E-state index contributed by atoms with van der Waals surface area (Å²) in [6, 6.07) is 12.1. The Morgan fingerprint density at radius 1 is 1.17 bits per heavy atom. The summed E-state index contributed by atoms with van der Waals surface area (Å²) in [5.41, 5.74) is 1.23. The highest BCUT2D eigenvalue weighted by Crippen LogP contribution is 2.25. The van der Waals surface area contributed by atoms with Crippen LogP contribution in [0.25, 0.3) is 0 Å². The second-order valence-corrected chi connectivity index (χ2v) is 6.18. The molecule has 0 fully saturated rings. The van der Waals surface area contributed by atoms with Crippen LogP contribution in [-0.2, 0) is 20.7 Å². The van der Waals surface area contributed by atoms with Gasteiger partial charge in [0.05, 0.1) is 24.2 Å². The Kier molecular flexibility index (Phi) is 6.63. The van der Waals surface area contributed by atoms with E-state index in [1.165, 1.54) is 0 Å². The lowest BCUT2D eigenvalue weighted by Crippen LogP contribution is -2.21. The Balaban J connectivity index is 1.81. The molecular weight excluding hydrogens is 398 g/mol. The molecule has 2 aromatic carbocycles. The monoisotopic (exact) mass is 411 g/mol. The molecule has 5 nitrogen and oxygen atoms in total. The number of halogens is 2. The predicted octanol–water partition coefficient (Wildman–Crippen LogP) is 3.84. The van der Waals surface area contributed by atoms with Gasteiger partial charge in [-0.25, -0.2) is 0 Å². The van der Waals surface area contributed by atoms with Crippen LogP contribution in [0.1, 0.15) is 5.56 Å². The molecule has 0 atom stereocenters. The highest BCUT2D eigenvalue weighted by Gasteiger charge is 2.10. The molecule has 2 rings (SSSR count). The van der Waals surface area contributed by atoms with Crippen LogP contribution in [0.3, 0.4) is 0 Å². The summed E-state index contributed by atoms with van der Waals surface area (Å²) in [4.78, 5) is 23.6. The number of rotatable bonds is 6. The Bertz CT molecular complexity index is 734. The Morgan fingerprint density at radius 2 is 1.88 bits per heavy atom. The van der Waals surface area contributed by atoms with Crippen molar-refractivity contribution in [3.63, 3.8) is 0 Å². The van der Waals surface area contributed by atoms with Crippen LogP contribution in [0.2, 0.25) is 5.02 Å². The fourth-order valence-corrected chi connectivity index (χ4v) is 2.60. The number of carbonyl (C=O) groups is 2. The molecule has 0 aliphatic rings. The number of methoxy groups -OCH3 is 1. The van der Waals surface area contributed by atoms with E-state index in [0.29, 0.717) is 16.5 Å². The summed E-state index contributed by atoms with van der Waals surface area (Å²) in [6.45, 7) is -0.374. The second-order valence-electron chi connectivity index (χ2n) is 4.86. The van der Waals surface area contributed by atoms with Gasteiger partial charge in [-0.05, 0) is 35.9 Å². The molecule has 0 heterocycles. The molecule has 0 aliphatic carbocycles. The first-order valence-electron chi connectivity index (χ1n) is 7.01. The minimum Gasteiger partial charge on any atom is -0.497 e. The van der Waals surface area contributed by atoms with Crippen LogP contribution in [0.5, 0.6) is 5.75 Å². The Hall–Kier alpha value is -2.05. The van der Waals surface area contributed by atoms with Crippen LogP contribution in [0.15, 0.2) is 46.9 Å². The van der Waals surface area contributed by atoms with Crippen molar-refractivity contribution in [2.75, 3.05) is 19.0 Å². The van der Waals surface area contributed by atoms with E-state index in [9.17, 15) is 9.59 Å². The molecule has 0 saturated carbocycles. The molecule has 2 aromatic rings. The van der Waals surface area contributed by atoms with Gasteiger partial charge in [-0.15, -0.1) is 0 Å². The molecular formula is C17H15BrClNO4. The highest BCUT2D eigenvalue weighted by atomic mass is 79.9. The van der Waals surface area contributed by atoms with Crippen LogP contribution in [0.4, 0.5) is 5.69 Å². The van der Waals surface area contributed by atoms with Crippen LogP contribution >= 0.6 is 27.5 Å². The number of hydrogen-bond acceptors (Lipinski definition) is 4. The Morgan fingerprint density at radius 3 is 2.50 bits per heavy atom. The maximum absolute atomic E-state index is 11.8. The van der Waals surface area contributed by atoms with Crippen molar-refractivity contribution in [1.82, 2.24) is 0 Å². The van der Waals surface area contributed by atoms with Gasteiger partial charge in [0.15, 0.2) is 6.61 Å². The molecule has 126 valence electrons. The molecule has 1 N–H and O–H groups in total. The van der Waals surface area contributed by atoms with Crippen LogP contribution in [-0.4, -0.2) is 25.6 Å². The maximum Gasteiger partial charge on any atom is 0.310 e. The highest BCUT2D eigenvalue weighted by molar-refractivity contribution is 9.10. The van der Waals surface area contributed by atoms with Crippen LogP contribution in [0, 0.1) is 0 Å². The Labute approximate surface area is 153 Å². The summed E-state index contributed by atoms with van der Waals surface area (Å²) in [7, 11) is 1.57. The predicted molar refractivity (Wildman–Crippen MR) is 95.4 cm³/mol. The van der Waals surface area contributed by atoms with Gasteiger partial charge in [-0.3, -0.25) is 9.59 Å². The van der Waals surface area contributed by atoms with Crippen LogP contribution < -0.4 is 10.1 Å². The third-order valence-corrected chi connectivity index (χ3v) is 3.88. The largest absolute Gasteiger partial charge is 0.497 e. The van der Waals surface area contributed by atoms with E-state index in [4.69, 9.17) is 21.1 Å². The summed E-state index contributed by atoms with van der Waals surface area (Å²) < 4.78 is 10.8. The molecule has 0 radical (unpaired) electrons. The van der Waals surface area contributed by atoms with E-state index in [2.05, 4.69) is 21.2 Å². The zero-order valence-electron chi connectivity index (χ0n) is 12.8. The molecule has 0 bridgehead atoms. The molecule has 0 saturated heterocycles. The quantitative estimate of drug-likeness (QED) is 0.732. The average molecular weight is 413 g/mol. The number of hydrogen-bond donors (Lipinski definition) is 1. The zero-order valence-corrected chi connectivity index (χ0v) is 15.2. The van der Waals surface area contributed by atoms with Crippen molar-refractivity contribution in [2.45, 2.75) is 6.42 Å². The summed E-state index contributed by atoms with van der Waals surface area (Å²) in [5.74, 6) is -0.239. The number of benzene rings is 2. The first kappa shape index (κ1) is 18.3. The molecule has 0 aromatic heterocycles. The normalized spacial score (nSPS) is 10.1. The van der Waals surface area contributed by atoms with Crippen molar-refractivity contribution >= 4 is 45.1 Å². The van der Waals surface area contributed by atoms with Gasteiger partial charge in [-0.2, -0.15) is 0 Å². The van der Waals surface area contributed by atoms with E-state index in [-0.39, 0.29) is 13.0 Å². The van der Waals surface area contributed by atoms with E-state index in [1.807, 2.05) is 0 Å². The summed E-state index contributed by atoms with van der Waals surface area (Å²) >= 11 is 9.28. The van der Waals surface area contributed by atoms with Gasteiger partial charge in [0.2, 0.25) is 0 Å². The number of nitrogens with one attached hydrogen (secondary N) is 1. The summed E-state index contributed by atoms with van der Waals surface area (Å²) in [6.07, 6.45) is 0.0797. The molecule has 0 unspecified atom stereocenters. The lowest BCUT2D eigenvalue weighted by molar-refractivity contribution is -0.146. The first-order valence-corrected chi connectivity index (χ1v) is 8.18. The van der Waals surface area contributed by atoms with E-state index >= 15 is 0 Å². The lowest BCUT2D eigenvalue weighted by Gasteiger charge is -2.08. The van der Waals surface area contributed by atoms with E-state index in [0.717, 1.165) is 10.0 Å². The van der Waals surface area contributed by atoms with Crippen molar-refractivity contribution in [3.05, 3.63) is 57.5 Å². The summed E-state index contributed by atoms with van der Waals surface area (Å²) in [5, 5.41) is 2.98. The number of ether oxygens (including phenoxy) is 2. The number of esters is 1. The second kappa shape index (κ2) is 8.70. The minimum absolute atomic E-state index is 0.0797. The smallest absolute Gasteiger partial charge is 0.310 e. The molecule has 1 amide bonds. The van der Waals surface area contributed by atoms with Gasteiger partial charge in [0.25, 0.3) is 5.91 Å². The van der Waals surface area contributed by atoms with Crippen molar-refractivity contribution in [1.29, 1.82) is 0 Å². The molecule has 24 heavy (non-hydrogen) atoms. The number of carbonyl (C=O) groups excluding carboxylic acids is 2. The third kappa shape index (κ3) is 5.54. The van der Waals surface area contributed by atoms with Gasteiger partial charge >= 0.3 is 5.97 Å². The SMILES string of the molecule is COc1ccc(CC(=O)OCC(=O)Nc2ccc(Br)cc2Cl)cc1. The van der Waals surface area contributed by atoms with E-state index in [1.54, 1.807) is 49.6 Å². The van der Waals surface area contributed by atoms with Gasteiger partial charge < -0.3 is 14.8 Å². The van der Waals surface area contributed by atoms with E-state index < -0.39 is 11.9 Å².